The predicted octanol–water partition coefficient (Wildman–Crippen LogP) is 1.26. The molecule has 0 fully saturated rings. The summed E-state index contributed by atoms with van der Waals surface area (Å²) in [5, 5.41) is 2.64. The van der Waals surface area contributed by atoms with Crippen molar-refractivity contribution >= 4 is 22.5 Å². The Bertz CT molecular complexity index is 318. The standard InChI is InChI=1S/C12H23NO3S/c1-8(2)11(9(3)14)13-10(15)7-17(16)12(4,5)6/h8,11H,7H2,1-6H3,(H,13,15). The van der Waals surface area contributed by atoms with Crippen molar-refractivity contribution in [2.24, 2.45) is 5.92 Å². The zero-order valence-electron chi connectivity index (χ0n) is 11.5. The zero-order chi connectivity index (χ0) is 13.8. The number of amides is 1. The number of hydrogen-bond donors (Lipinski definition) is 1. The number of rotatable bonds is 5. The highest BCUT2D eigenvalue weighted by atomic mass is 32.2. The molecule has 0 aromatic carbocycles. The maximum absolute atomic E-state index is 11.8. The van der Waals surface area contributed by atoms with Crippen molar-refractivity contribution in [2.75, 3.05) is 5.75 Å². The normalized spacial score (nSPS) is 15.5. The molecule has 1 N–H and O–H groups in total. The second-order valence-corrected chi connectivity index (χ2v) is 7.71. The fourth-order valence-electron chi connectivity index (χ4n) is 1.29. The van der Waals surface area contributed by atoms with Crippen molar-refractivity contribution in [1.82, 2.24) is 5.32 Å². The molecule has 4 nitrogen and oxygen atoms in total. The third-order valence-corrected chi connectivity index (χ3v) is 4.26. The average Bonchev–Trinajstić information content (AvgIpc) is 2.11. The minimum atomic E-state index is -1.23. The number of carbonyl (C=O) groups excluding carboxylic acids is 2. The van der Waals surface area contributed by atoms with Gasteiger partial charge >= 0.3 is 0 Å². The second kappa shape index (κ2) is 6.28. The van der Waals surface area contributed by atoms with Gasteiger partial charge in [0, 0.05) is 15.5 Å². The summed E-state index contributed by atoms with van der Waals surface area (Å²) in [6, 6.07) is -0.487. The first kappa shape index (κ1) is 16.3. The smallest absolute Gasteiger partial charge is 0.233 e. The van der Waals surface area contributed by atoms with Crippen LogP contribution >= 0.6 is 0 Å². The Balaban J connectivity index is 4.45. The van der Waals surface area contributed by atoms with E-state index in [1.54, 1.807) is 0 Å². The molecule has 0 aromatic heterocycles. The van der Waals surface area contributed by atoms with Crippen LogP contribution < -0.4 is 5.32 Å². The molecule has 0 aliphatic carbocycles. The van der Waals surface area contributed by atoms with Crippen LogP contribution in [0.4, 0.5) is 0 Å². The Hall–Kier alpha value is -0.710. The number of ketones is 1. The van der Waals surface area contributed by atoms with Gasteiger partial charge in [0.1, 0.15) is 5.75 Å². The van der Waals surface area contributed by atoms with Gasteiger partial charge in [0.05, 0.1) is 6.04 Å². The van der Waals surface area contributed by atoms with Gasteiger partial charge in [-0.05, 0) is 33.6 Å². The molecular formula is C12H23NO3S. The van der Waals surface area contributed by atoms with Crippen LogP contribution in [-0.2, 0) is 20.4 Å². The highest BCUT2D eigenvalue weighted by Gasteiger charge is 2.25. The number of Topliss-reactive ketones (excluding diaryl/α,β-unsaturated/α-hetero) is 1. The van der Waals surface area contributed by atoms with E-state index in [2.05, 4.69) is 5.32 Å². The van der Waals surface area contributed by atoms with Crippen LogP contribution in [0.5, 0.6) is 0 Å². The van der Waals surface area contributed by atoms with E-state index < -0.39 is 21.6 Å². The third kappa shape index (κ3) is 5.96. The van der Waals surface area contributed by atoms with Crippen molar-refractivity contribution in [3.63, 3.8) is 0 Å². The van der Waals surface area contributed by atoms with Gasteiger partial charge in [0.25, 0.3) is 0 Å². The lowest BCUT2D eigenvalue weighted by Gasteiger charge is -2.21. The molecule has 0 aliphatic heterocycles. The average molecular weight is 261 g/mol. The third-order valence-electron chi connectivity index (χ3n) is 2.37. The first-order chi connectivity index (χ1) is 7.55. The summed E-state index contributed by atoms with van der Waals surface area (Å²) in [5.41, 5.74) is 0. The summed E-state index contributed by atoms with van der Waals surface area (Å²) < 4.78 is 11.3. The Kier molecular flexibility index (Phi) is 6.02. The number of hydrogen-bond acceptors (Lipinski definition) is 3. The highest BCUT2D eigenvalue weighted by Crippen LogP contribution is 2.11. The molecule has 1 amide bonds. The number of nitrogens with one attached hydrogen (secondary N) is 1. The Morgan fingerprint density at radius 1 is 1.24 bits per heavy atom. The van der Waals surface area contributed by atoms with Gasteiger partial charge in [-0.15, -0.1) is 0 Å². The van der Waals surface area contributed by atoms with Crippen LogP contribution in [0.25, 0.3) is 0 Å². The summed E-state index contributed by atoms with van der Waals surface area (Å²) in [7, 11) is -1.23. The first-order valence-corrected chi connectivity index (χ1v) is 7.06. The summed E-state index contributed by atoms with van der Waals surface area (Å²) in [6.07, 6.45) is 0. The minimum Gasteiger partial charge on any atom is -0.345 e. The molecule has 0 bridgehead atoms. The molecule has 2 atom stereocenters. The molecule has 17 heavy (non-hydrogen) atoms. The fraction of sp³-hybridized carbons (Fsp3) is 0.833. The van der Waals surface area contributed by atoms with E-state index in [0.717, 1.165) is 0 Å². The van der Waals surface area contributed by atoms with E-state index in [9.17, 15) is 13.8 Å². The van der Waals surface area contributed by atoms with Crippen LogP contribution in [0.3, 0.4) is 0 Å². The summed E-state index contributed by atoms with van der Waals surface area (Å²) in [6.45, 7) is 10.6. The quantitative estimate of drug-likeness (QED) is 0.810. The van der Waals surface area contributed by atoms with Crippen LogP contribution in [0.2, 0.25) is 0 Å². The van der Waals surface area contributed by atoms with Crippen LogP contribution in [0.15, 0.2) is 0 Å². The van der Waals surface area contributed by atoms with Crippen molar-refractivity contribution in [3.05, 3.63) is 0 Å². The molecule has 0 heterocycles. The number of carbonyl (C=O) groups is 2. The van der Waals surface area contributed by atoms with E-state index in [1.807, 2.05) is 34.6 Å². The molecule has 0 saturated heterocycles. The lowest BCUT2D eigenvalue weighted by molar-refractivity contribution is -0.126. The Labute approximate surface area is 106 Å². The van der Waals surface area contributed by atoms with Crippen molar-refractivity contribution in [1.29, 1.82) is 0 Å². The van der Waals surface area contributed by atoms with Crippen LogP contribution in [0.1, 0.15) is 41.5 Å². The van der Waals surface area contributed by atoms with E-state index >= 15 is 0 Å². The molecule has 100 valence electrons. The molecular weight excluding hydrogens is 238 g/mol. The van der Waals surface area contributed by atoms with Crippen LogP contribution in [-0.4, -0.2) is 32.4 Å². The van der Waals surface area contributed by atoms with E-state index in [1.165, 1.54) is 6.92 Å². The lowest BCUT2D eigenvalue weighted by atomic mass is 10.0. The predicted molar refractivity (Wildman–Crippen MR) is 70.2 cm³/mol. The largest absolute Gasteiger partial charge is 0.345 e. The molecule has 2 unspecified atom stereocenters. The highest BCUT2D eigenvalue weighted by molar-refractivity contribution is 7.87. The summed E-state index contributed by atoms with van der Waals surface area (Å²) in [5.74, 6) is -0.415. The molecule has 0 saturated carbocycles. The van der Waals surface area contributed by atoms with Crippen molar-refractivity contribution in [2.45, 2.75) is 52.3 Å². The Morgan fingerprint density at radius 2 is 1.71 bits per heavy atom. The van der Waals surface area contributed by atoms with E-state index in [-0.39, 0.29) is 23.4 Å². The lowest BCUT2D eigenvalue weighted by Crippen LogP contribution is -2.46. The molecule has 0 rings (SSSR count). The topological polar surface area (TPSA) is 63.2 Å². The maximum atomic E-state index is 11.8. The van der Waals surface area contributed by atoms with Crippen molar-refractivity contribution < 1.29 is 13.8 Å². The molecule has 0 aromatic rings. The maximum Gasteiger partial charge on any atom is 0.233 e. The van der Waals surface area contributed by atoms with E-state index in [0.29, 0.717) is 0 Å². The van der Waals surface area contributed by atoms with Gasteiger partial charge in [-0.25, -0.2) is 0 Å². The second-order valence-electron chi connectivity index (χ2n) is 5.50. The van der Waals surface area contributed by atoms with Gasteiger partial charge in [-0.3, -0.25) is 13.8 Å². The minimum absolute atomic E-state index is 0.0412. The van der Waals surface area contributed by atoms with Gasteiger partial charge in [0.2, 0.25) is 5.91 Å². The van der Waals surface area contributed by atoms with Gasteiger partial charge in [-0.2, -0.15) is 0 Å². The Morgan fingerprint density at radius 3 is 2.00 bits per heavy atom. The summed E-state index contributed by atoms with van der Waals surface area (Å²) in [4.78, 5) is 23.0. The van der Waals surface area contributed by atoms with Gasteiger partial charge in [-0.1, -0.05) is 13.8 Å². The first-order valence-electron chi connectivity index (χ1n) is 5.74. The monoisotopic (exact) mass is 261 g/mol. The SMILES string of the molecule is CC(=O)C(NC(=O)CS(=O)C(C)(C)C)C(C)C. The van der Waals surface area contributed by atoms with E-state index in [4.69, 9.17) is 0 Å². The zero-order valence-corrected chi connectivity index (χ0v) is 12.3. The molecule has 0 aliphatic rings. The van der Waals surface area contributed by atoms with Gasteiger partial charge in [0.15, 0.2) is 5.78 Å². The summed E-state index contributed by atoms with van der Waals surface area (Å²) >= 11 is 0. The molecule has 0 radical (unpaired) electrons. The fourth-order valence-corrected chi connectivity index (χ4v) is 2.04. The molecule has 5 heteroatoms. The van der Waals surface area contributed by atoms with Crippen molar-refractivity contribution in [3.8, 4) is 0 Å². The molecule has 0 spiro atoms. The van der Waals surface area contributed by atoms with Gasteiger partial charge < -0.3 is 5.32 Å². The van der Waals surface area contributed by atoms with Crippen LogP contribution in [0, 0.1) is 5.92 Å².